The van der Waals surface area contributed by atoms with Gasteiger partial charge in [0, 0.05) is 25.9 Å². The standard InChI is InChI=1S/C13H22N4O/c1-16-5-2-3-10(9-16)7-12-14-13-8-11(18)4-6-17(13)15-12/h10-11,18H,2-9H2,1H3. The third-order valence-corrected chi connectivity index (χ3v) is 4.08. The van der Waals surface area contributed by atoms with E-state index < -0.39 is 0 Å². The van der Waals surface area contributed by atoms with Crippen molar-refractivity contribution in [2.75, 3.05) is 20.1 Å². The zero-order valence-corrected chi connectivity index (χ0v) is 11.0. The van der Waals surface area contributed by atoms with Gasteiger partial charge in [-0.25, -0.2) is 9.67 Å². The quantitative estimate of drug-likeness (QED) is 0.829. The monoisotopic (exact) mass is 250 g/mol. The third-order valence-electron chi connectivity index (χ3n) is 4.08. The summed E-state index contributed by atoms with van der Waals surface area (Å²) in [7, 11) is 2.19. The molecule has 1 fully saturated rings. The first-order valence-electron chi connectivity index (χ1n) is 7.00. The number of nitrogens with zero attached hydrogens (tertiary/aromatic N) is 4. The van der Waals surface area contributed by atoms with Crippen LogP contribution < -0.4 is 0 Å². The van der Waals surface area contributed by atoms with Crippen molar-refractivity contribution in [3.63, 3.8) is 0 Å². The Morgan fingerprint density at radius 3 is 3.06 bits per heavy atom. The summed E-state index contributed by atoms with van der Waals surface area (Å²) >= 11 is 0. The van der Waals surface area contributed by atoms with Crippen LogP contribution in [0.15, 0.2) is 0 Å². The zero-order valence-electron chi connectivity index (χ0n) is 11.0. The first kappa shape index (κ1) is 12.1. The van der Waals surface area contributed by atoms with Crippen molar-refractivity contribution in [3.8, 4) is 0 Å². The van der Waals surface area contributed by atoms with Crippen molar-refractivity contribution < 1.29 is 5.11 Å². The fraction of sp³-hybridized carbons (Fsp3) is 0.846. The number of aromatic nitrogens is 3. The second-order valence-corrected chi connectivity index (χ2v) is 5.79. The average Bonchev–Trinajstić information content (AvgIpc) is 2.70. The molecule has 0 radical (unpaired) electrons. The summed E-state index contributed by atoms with van der Waals surface area (Å²) < 4.78 is 1.98. The molecule has 1 saturated heterocycles. The van der Waals surface area contributed by atoms with Crippen molar-refractivity contribution >= 4 is 0 Å². The molecule has 3 rings (SSSR count). The summed E-state index contributed by atoms with van der Waals surface area (Å²) in [6, 6.07) is 0. The first-order valence-corrected chi connectivity index (χ1v) is 7.00. The van der Waals surface area contributed by atoms with Crippen molar-refractivity contribution in [2.45, 2.75) is 44.8 Å². The van der Waals surface area contributed by atoms with Gasteiger partial charge in [-0.2, -0.15) is 5.10 Å². The number of aryl methyl sites for hydroxylation is 1. The fourth-order valence-electron chi connectivity index (χ4n) is 3.12. The molecule has 2 atom stereocenters. The largest absolute Gasteiger partial charge is 0.393 e. The molecule has 1 aromatic rings. The lowest BCUT2D eigenvalue weighted by atomic mass is 9.95. The average molecular weight is 250 g/mol. The van der Waals surface area contributed by atoms with Crippen LogP contribution in [0.25, 0.3) is 0 Å². The van der Waals surface area contributed by atoms with Crippen molar-refractivity contribution in [2.24, 2.45) is 5.92 Å². The molecule has 100 valence electrons. The molecule has 0 aromatic carbocycles. The van der Waals surface area contributed by atoms with Gasteiger partial charge in [-0.3, -0.25) is 0 Å². The van der Waals surface area contributed by atoms with E-state index in [9.17, 15) is 5.11 Å². The van der Waals surface area contributed by atoms with Gasteiger partial charge in [0.15, 0.2) is 5.82 Å². The smallest absolute Gasteiger partial charge is 0.151 e. The second-order valence-electron chi connectivity index (χ2n) is 5.79. The lowest BCUT2D eigenvalue weighted by Gasteiger charge is -2.28. The van der Waals surface area contributed by atoms with Crippen LogP contribution in [0, 0.1) is 5.92 Å². The Balaban J connectivity index is 1.66. The summed E-state index contributed by atoms with van der Waals surface area (Å²) in [6.07, 6.45) is 4.81. The molecule has 2 aliphatic rings. The Hall–Kier alpha value is -0.940. The fourth-order valence-corrected chi connectivity index (χ4v) is 3.12. The highest BCUT2D eigenvalue weighted by atomic mass is 16.3. The number of rotatable bonds is 2. The van der Waals surface area contributed by atoms with Crippen LogP contribution in [0.3, 0.4) is 0 Å². The van der Waals surface area contributed by atoms with Gasteiger partial charge in [0.25, 0.3) is 0 Å². The van der Waals surface area contributed by atoms with E-state index in [-0.39, 0.29) is 6.10 Å². The number of hydrogen-bond donors (Lipinski definition) is 1. The molecule has 2 unspecified atom stereocenters. The molecule has 0 aliphatic carbocycles. The molecule has 0 bridgehead atoms. The Labute approximate surface area is 108 Å². The second kappa shape index (κ2) is 4.97. The van der Waals surface area contributed by atoms with Gasteiger partial charge in [0.2, 0.25) is 0 Å². The van der Waals surface area contributed by atoms with Gasteiger partial charge in [0.05, 0.1) is 6.10 Å². The van der Waals surface area contributed by atoms with Crippen LogP contribution in [0.1, 0.15) is 30.9 Å². The molecule has 5 heteroatoms. The van der Waals surface area contributed by atoms with Crippen LogP contribution in [-0.2, 0) is 19.4 Å². The van der Waals surface area contributed by atoms with Gasteiger partial charge in [-0.05, 0) is 38.8 Å². The topological polar surface area (TPSA) is 54.2 Å². The van der Waals surface area contributed by atoms with E-state index in [1.807, 2.05) is 4.68 Å². The van der Waals surface area contributed by atoms with E-state index in [0.29, 0.717) is 12.3 Å². The van der Waals surface area contributed by atoms with Crippen molar-refractivity contribution in [1.29, 1.82) is 0 Å². The van der Waals surface area contributed by atoms with E-state index in [1.54, 1.807) is 0 Å². The minimum absolute atomic E-state index is 0.227. The van der Waals surface area contributed by atoms with E-state index in [1.165, 1.54) is 19.4 Å². The van der Waals surface area contributed by atoms with E-state index in [4.69, 9.17) is 0 Å². The van der Waals surface area contributed by atoms with Crippen molar-refractivity contribution in [1.82, 2.24) is 19.7 Å². The summed E-state index contributed by atoms with van der Waals surface area (Å²) in [5.41, 5.74) is 0. The summed E-state index contributed by atoms with van der Waals surface area (Å²) in [5, 5.41) is 14.2. The van der Waals surface area contributed by atoms with Gasteiger partial charge in [-0.15, -0.1) is 0 Å². The normalized spacial score (nSPS) is 29.2. The highest BCUT2D eigenvalue weighted by Gasteiger charge is 2.23. The van der Waals surface area contributed by atoms with Gasteiger partial charge in [-0.1, -0.05) is 0 Å². The molecule has 3 heterocycles. The van der Waals surface area contributed by atoms with Crippen molar-refractivity contribution in [3.05, 3.63) is 11.6 Å². The molecule has 18 heavy (non-hydrogen) atoms. The SMILES string of the molecule is CN1CCCC(Cc2nc3n(n2)CCC(O)C3)C1. The predicted octanol–water partition coefficient (Wildman–Crippen LogP) is 0.469. The van der Waals surface area contributed by atoms with E-state index in [0.717, 1.165) is 37.6 Å². The molecular formula is C13H22N4O. The number of aliphatic hydroxyl groups excluding tert-OH is 1. The number of likely N-dealkylation sites (tertiary alicyclic amines) is 1. The summed E-state index contributed by atoms with van der Waals surface area (Å²) in [5.74, 6) is 2.63. The van der Waals surface area contributed by atoms with Crippen LogP contribution >= 0.6 is 0 Å². The Morgan fingerprint density at radius 1 is 1.33 bits per heavy atom. The van der Waals surface area contributed by atoms with Crippen LogP contribution in [0.4, 0.5) is 0 Å². The lowest BCUT2D eigenvalue weighted by molar-refractivity contribution is 0.138. The summed E-state index contributed by atoms with van der Waals surface area (Å²) in [6.45, 7) is 3.19. The maximum Gasteiger partial charge on any atom is 0.151 e. The summed E-state index contributed by atoms with van der Waals surface area (Å²) in [4.78, 5) is 6.99. The highest BCUT2D eigenvalue weighted by molar-refractivity contribution is 4.99. The van der Waals surface area contributed by atoms with Crippen LogP contribution in [0.2, 0.25) is 0 Å². The predicted molar refractivity (Wildman–Crippen MR) is 68.3 cm³/mol. The van der Waals surface area contributed by atoms with Crippen LogP contribution in [0.5, 0.6) is 0 Å². The number of piperidine rings is 1. The molecular weight excluding hydrogens is 228 g/mol. The maximum absolute atomic E-state index is 9.63. The van der Waals surface area contributed by atoms with E-state index in [2.05, 4.69) is 22.0 Å². The highest BCUT2D eigenvalue weighted by Crippen LogP contribution is 2.20. The zero-order chi connectivity index (χ0) is 12.5. The molecule has 1 aromatic heterocycles. The Kier molecular flexibility index (Phi) is 3.35. The molecule has 0 saturated carbocycles. The number of fused-ring (bicyclic) bond motifs is 1. The van der Waals surface area contributed by atoms with Crippen LogP contribution in [-0.4, -0.2) is 51.0 Å². The number of aliphatic hydroxyl groups is 1. The number of hydrogen-bond acceptors (Lipinski definition) is 4. The maximum atomic E-state index is 9.63. The Morgan fingerprint density at radius 2 is 2.22 bits per heavy atom. The van der Waals surface area contributed by atoms with Gasteiger partial charge < -0.3 is 10.0 Å². The van der Waals surface area contributed by atoms with Gasteiger partial charge >= 0.3 is 0 Å². The third kappa shape index (κ3) is 2.57. The molecule has 5 nitrogen and oxygen atoms in total. The lowest BCUT2D eigenvalue weighted by Crippen LogP contribution is -2.33. The minimum atomic E-state index is -0.227. The molecule has 1 N–H and O–H groups in total. The Bertz CT molecular complexity index is 417. The molecule has 0 amide bonds. The first-order chi connectivity index (χ1) is 8.70. The minimum Gasteiger partial charge on any atom is -0.393 e. The molecule has 0 spiro atoms. The van der Waals surface area contributed by atoms with Gasteiger partial charge in [0.1, 0.15) is 5.82 Å². The van der Waals surface area contributed by atoms with E-state index >= 15 is 0 Å². The molecule has 2 aliphatic heterocycles.